The number of nitrogens with zero attached hydrogens (tertiary/aromatic N) is 6. The average molecular weight is 405 g/mol. The number of aromatic nitrogens is 7. The summed E-state index contributed by atoms with van der Waals surface area (Å²) in [4.78, 5) is 34.4. The van der Waals surface area contributed by atoms with Crippen molar-refractivity contribution >= 4 is 17.7 Å². The van der Waals surface area contributed by atoms with Crippen LogP contribution in [0.2, 0.25) is 0 Å². The monoisotopic (exact) mass is 405 g/mol. The summed E-state index contributed by atoms with van der Waals surface area (Å²) < 4.78 is 1.56. The van der Waals surface area contributed by atoms with E-state index >= 15 is 0 Å². The Balaban J connectivity index is 1.63. The van der Waals surface area contributed by atoms with Crippen LogP contribution in [0.25, 0.3) is 11.7 Å². The van der Waals surface area contributed by atoms with Crippen LogP contribution >= 0.6 is 0 Å². The van der Waals surface area contributed by atoms with Crippen molar-refractivity contribution in [3.8, 4) is 5.88 Å². The predicted octanol–water partition coefficient (Wildman–Crippen LogP) is 0.0252. The highest BCUT2D eigenvalue weighted by Crippen LogP contribution is 2.22. The molecule has 0 saturated heterocycles. The Bertz CT molecular complexity index is 1380. The van der Waals surface area contributed by atoms with E-state index in [0.717, 1.165) is 18.5 Å². The molecule has 0 aromatic carbocycles. The van der Waals surface area contributed by atoms with E-state index < -0.39 is 5.69 Å². The predicted molar refractivity (Wildman–Crippen MR) is 108 cm³/mol. The molecule has 1 unspecified atom stereocenters. The van der Waals surface area contributed by atoms with Crippen LogP contribution in [0.5, 0.6) is 5.88 Å². The number of imidazole rings is 1. The van der Waals surface area contributed by atoms with Gasteiger partial charge in [0.2, 0.25) is 11.8 Å². The lowest BCUT2D eigenvalue weighted by atomic mass is 10.2. The molecule has 0 amide bonds. The fourth-order valence-corrected chi connectivity index (χ4v) is 3.04. The van der Waals surface area contributed by atoms with E-state index in [1.165, 1.54) is 0 Å². The van der Waals surface area contributed by atoms with Gasteiger partial charge in [0.15, 0.2) is 5.65 Å². The molecule has 11 nitrogen and oxygen atoms in total. The number of nitrogens with one attached hydrogen (secondary N) is 3. The average Bonchev–Trinajstić information content (AvgIpc) is 3.37. The summed E-state index contributed by atoms with van der Waals surface area (Å²) in [6, 6.07) is 5.83. The Labute approximate surface area is 169 Å². The highest BCUT2D eigenvalue weighted by molar-refractivity contribution is 5.57. The molecule has 1 aliphatic rings. The summed E-state index contributed by atoms with van der Waals surface area (Å²) >= 11 is 0. The molecule has 0 bridgehead atoms. The number of aromatic hydroxyl groups is 1. The molecule has 0 spiro atoms. The van der Waals surface area contributed by atoms with Gasteiger partial charge < -0.3 is 15.4 Å². The van der Waals surface area contributed by atoms with E-state index in [-0.39, 0.29) is 23.7 Å². The molecule has 4 heterocycles. The van der Waals surface area contributed by atoms with Gasteiger partial charge in [0.25, 0.3) is 5.62 Å². The van der Waals surface area contributed by atoms with Crippen LogP contribution in [0.1, 0.15) is 37.2 Å². The summed E-state index contributed by atoms with van der Waals surface area (Å²) in [6.07, 6.45) is 6.97. The van der Waals surface area contributed by atoms with Gasteiger partial charge in [0, 0.05) is 11.4 Å². The minimum Gasteiger partial charge on any atom is -0.493 e. The first-order valence-electron chi connectivity index (χ1n) is 9.57. The van der Waals surface area contributed by atoms with Gasteiger partial charge in [-0.05, 0) is 38.0 Å². The molecule has 30 heavy (non-hydrogen) atoms. The second-order valence-electron chi connectivity index (χ2n) is 7.15. The zero-order chi connectivity index (χ0) is 20.7. The highest BCUT2D eigenvalue weighted by Gasteiger charge is 2.21. The van der Waals surface area contributed by atoms with E-state index in [1.807, 2.05) is 25.1 Å². The quantitative estimate of drug-likeness (QED) is 0.366. The maximum Gasteiger partial charge on any atom is 0.326 e. The molecule has 4 aromatic heterocycles. The van der Waals surface area contributed by atoms with E-state index in [9.17, 15) is 9.90 Å². The maximum absolute atomic E-state index is 11.4. The lowest BCUT2D eigenvalue weighted by molar-refractivity contribution is 0.454. The molecule has 0 aliphatic heterocycles. The van der Waals surface area contributed by atoms with Gasteiger partial charge in [-0.3, -0.25) is 9.97 Å². The zero-order valence-electron chi connectivity index (χ0n) is 16.1. The van der Waals surface area contributed by atoms with Gasteiger partial charge >= 0.3 is 5.69 Å². The number of pyridine rings is 1. The number of anilines is 1. The van der Waals surface area contributed by atoms with Crippen molar-refractivity contribution < 1.29 is 5.11 Å². The summed E-state index contributed by atoms with van der Waals surface area (Å²) in [5.41, 5.74) is 1.55. The smallest absolute Gasteiger partial charge is 0.326 e. The Kier molecular flexibility index (Phi) is 4.27. The van der Waals surface area contributed by atoms with E-state index in [1.54, 1.807) is 23.0 Å². The van der Waals surface area contributed by atoms with Gasteiger partial charge in [-0.15, -0.1) is 0 Å². The first-order valence-corrected chi connectivity index (χ1v) is 9.57. The fraction of sp³-hybridized carbons (Fsp3) is 0.263. The molecule has 1 atom stereocenters. The molecule has 0 radical (unpaired) electrons. The van der Waals surface area contributed by atoms with E-state index in [0.29, 0.717) is 22.4 Å². The molecule has 4 aromatic rings. The number of hydrogen-bond acceptors (Lipinski definition) is 8. The van der Waals surface area contributed by atoms with Crippen LogP contribution in [0.15, 0.2) is 40.4 Å². The summed E-state index contributed by atoms with van der Waals surface area (Å²) in [7, 11) is 0. The van der Waals surface area contributed by atoms with Crippen LogP contribution in [0, 0.1) is 0 Å². The fourth-order valence-electron chi connectivity index (χ4n) is 3.04. The van der Waals surface area contributed by atoms with Crippen LogP contribution < -0.4 is 21.8 Å². The third-order valence-corrected chi connectivity index (χ3v) is 4.74. The molecule has 1 saturated carbocycles. The molecule has 1 fully saturated rings. The van der Waals surface area contributed by atoms with Gasteiger partial charge in [0.1, 0.15) is 5.69 Å². The molecule has 152 valence electrons. The third kappa shape index (κ3) is 3.52. The largest absolute Gasteiger partial charge is 0.493 e. The van der Waals surface area contributed by atoms with Crippen LogP contribution in [-0.4, -0.2) is 45.7 Å². The Morgan fingerprint density at radius 1 is 1.33 bits per heavy atom. The van der Waals surface area contributed by atoms with Gasteiger partial charge in [-0.1, -0.05) is 6.07 Å². The highest BCUT2D eigenvalue weighted by atomic mass is 16.3. The normalized spacial score (nSPS) is 16.3. The summed E-state index contributed by atoms with van der Waals surface area (Å²) in [5, 5.41) is 18.1. The number of aromatic amines is 2. The van der Waals surface area contributed by atoms with Crippen molar-refractivity contribution in [1.82, 2.24) is 34.5 Å². The van der Waals surface area contributed by atoms with Crippen molar-refractivity contribution in [2.24, 2.45) is 4.99 Å². The number of rotatable bonds is 5. The number of H-pyrrole nitrogens is 2. The second kappa shape index (κ2) is 7.10. The molecule has 4 N–H and O–H groups in total. The van der Waals surface area contributed by atoms with Crippen molar-refractivity contribution in [2.75, 3.05) is 5.32 Å². The topological polar surface area (TPSA) is 149 Å². The van der Waals surface area contributed by atoms with Crippen LogP contribution in [-0.2, 0) is 0 Å². The van der Waals surface area contributed by atoms with Crippen LogP contribution in [0.4, 0.5) is 5.95 Å². The molecular weight excluding hydrogens is 386 g/mol. The maximum atomic E-state index is 11.4. The van der Waals surface area contributed by atoms with Crippen molar-refractivity contribution in [3.05, 3.63) is 63.3 Å². The molecule has 1 aliphatic carbocycles. The molecule has 5 rings (SSSR count). The Hall–Kier alpha value is -4.02. The van der Waals surface area contributed by atoms with Crippen molar-refractivity contribution in [2.45, 2.75) is 31.8 Å². The second-order valence-corrected chi connectivity index (χ2v) is 7.15. The first kappa shape index (κ1) is 18.0. The lowest BCUT2D eigenvalue weighted by Crippen LogP contribution is -2.25. The van der Waals surface area contributed by atoms with E-state index in [2.05, 4.69) is 40.3 Å². The minimum atomic E-state index is -0.499. The lowest BCUT2D eigenvalue weighted by Gasteiger charge is -2.13. The summed E-state index contributed by atoms with van der Waals surface area (Å²) in [6.45, 7) is 1.97. The standard InChI is InChI=1S/C19H19N9O2/c1-10(13-4-2-3-7-20-13)22-17-25-15-11(8-14-16(29)26-19(30)24-14)9-21-28(15)18(27-17)23-12-5-6-12/h2-4,7-10,12,29H,5-6H2,1H3,(H,22,23,27)(H2,24,26,30)/b11-8+. The number of fused-ring (bicyclic) bond motifs is 1. The zero-order valence-corrected chi connectivity index (χ0v) is 16.1. The van der Waals surface area contributed by atoms with Gasteiger partial charge in [0.05, 0.1) is 24.0 Å². The SMILES string of the molecule is CC(Nc1nc(=NC2CC2)n2nc/c(=C\c3[nH]c(=O)[nH]c3O)c2n1)c1ccccn1. The number of hydrogen-bond donors (Lipinski definition) is 4. The Morgan fingerprint density at radius 3 is 2.90 bits per heavy atom. The van der Waals surface area contributed by atoms with E-state index in [4.69, 9.17) is 0 Å². The van der Waals surface area contributed by atoms with Gasteiger partial charge in [-0.2, -0.15) is 19.6 Å². The first-order chi connectivity index (χ1) is 14.6. The van der Waals surface area contributed by atoms with Crippen LogP contribution in [0.3, 0.4) is 0 Å². The van der Waals surface area contributed by atoms with Crippen molar-refractivity contribution in [1.29, 1.82) is 0 Å². The third-order valence-electron chi connectivity index (χ3n) is 4.74. The minimum absolute atomic E-state index is 0.122. The molecule has 11 heteroatoms. The van der Waals surface area contributed by atoms with Crippen molar-refractivity contribution in [3.63, 3.8) is 0 Å². The van der Waals surface area contributed by atoms with Gasteiger partial charge in [-0.25, -0.2) is 9.79 Å². The Morgan fingerprint density at radius 2 is 2.20 bits per heavy atom. The molecular formula is C19H19N9O2. The summed E-state index contributed by atoms with van der Waals surface area (Å²) in [5.74, 6) is 0.139.